The molecule has 1 amide bonds. The zero-order valence-corrected chi connectivity index (χ0v) is 14.7. The lowest BCUT2D eigenvalue weighted by molar-refractivity contribution is -0.143. The van der Waals surface area contributed by atoms with Gasteiger partial charge in [-0.05, 0) is 62.7 Å². The lowest BCUT2D eigenvalue weighted by Gasteiger charge is -2.50. The van der Waals surface area contributed by atoms with E-state index in [1.54, 1.807) is 0 Å². The van der Waals surface area contributed by atoms with Gasteiger partial charge in [0.1, 0.15) is 5.75 Å². The molecule has 1 aliphatic heterocycles. The van der Waals surface area contributed by atoms with Crippen LogP contribution in [0.5, 0.6) is 0 Å². The van der Waals surface area contributed by atoms with Crippen LogP contribution < -0.4 is 4.72 Å². The summed E-state index contributed by atoms with van der Waals surface area (Å²) >= 11 is 0. The Kier molecular flexibility index (Phi) is 3.95. The van der Waals surface area contributed by atoms with Crippen molar-refractivity contribution in [3.63, 3.8) is 0 Å². The number of carbonyl (C=O) groups excluding carboxylic acids is 1. The fourth-order valence-corrected chi connectivity index (χ4v) is 6.84. The van der Waals surface area contributed by atoms with Crippen molar-refractivity contribution in [1.29, 1.82) is 0 Å². The number of hydrogen-bond donors (Lipinski definition) is 1. The van der Waals surface area contributed by atoms with Crippen molar-refractivity contribution >= 4 is 15.9 Å². The molecular weight excluding hydrogens is 312 g/mol. The second kappa shape index (κ2) is 5.73. The maximum absolute atomic E-state index is 12.5. The molecule has 1 N–H and O–H groups in total. The molecule has 0 aromatic carbocycles. The van der Waals surface area contributed by atoms with E-state index in [-0.39, 0.29) is 17.7 Å². The first-order valence-corrected chi connectivity index (χ1v) is 10.9. The number of sulfonamides is 1. The second-order valence-corrected chi connectivity index (χ2v) is 10.1. The molecule has 130 valence electrons. The van der Waals surface area contributed by atoms with Crippen LogP contribution in [0.4, 0.5) is 0 Å². The third-order valence-corrected chi connectivity index (χ3v) is 8.12. The van der Waals surface area contributed by atoms with Gasteiger partial charge in [-0.2, -0.15) is 0 Å². The fourth-order valence-electron chi connectivity index (χ4n) is 5.52. The van der Waals surface area contributed by atoms with Crippen LogP contribution in [0, 0.1) is 23.7 Å². The summed E-state index contributed by atoms with van der Waals surface area (Å²) in [6.07, 6.45) is 7.72. The standard InChI is InChI=1S/C17H28N2O3S/c1-11-2-6-14(7-3-11)18-23(21,22)10-16(20)19-9-15-12-4-5-13(8-12)17(15)19/h11-15,17-18H,2-10H2,1H3/t11?,12-,13-,14?,15+,17+/m0/s1. The van der Waals surface area contributed by atoms with Crippen LogP contribution in [-0.2, 0) is 14.8 Å². The quantitative estimate of drug-likeness (QED) is 0.848. The van der Waals surface area contributed by atoms with Gasteiger partial charge in [0, 0.05) is 24.5 Å². The first-order chi connectivity index (χ1) is 10.9. The van der Waals surface area contributed by atoms with E-state index < -0.39 is 10.0 Å². The normalized spacial score (nSPS) is 42.4. The molecule has 2 bridgehead atoms. The number of nitrogens with zero attached hydrogens (tertiary/aromatic N) is 1. The number of fused-ring (bicyclic) bond motifs is 5. The van der Waals surface area contributed by atoms with Crippen LogP contribution in [0.25, 0.3) is 0 Å². The number of likely N-dealkylation sites (tertiary alicyclic amines) is 1. The molecule has 1 saturated heterocycles. The van der Waals surface area contributed by atoms with Crippen LogP contribution in [0.1, 0.15) is 51.9 Å². The first kappa shape index (κ1) is 15.9. The number of rotatable bonds is 4. The van der Waals surface area contributed by atoms with Gasteiger partial charge in [0.05, 0.1) is 0 Å². The lowest BCUT2D eigenvalue weighted by atomic mass is 9.77. The van der Waals surface area contributed by atoms with Crippen molar-refractivity contribution in [2.24, 2.45) is 23.7 Å². The predicted molar refractivity (Wildman–Crippen MR) is 88.2 cm³/mol. The highest BCUT2D eigenvalue weighted by Crippen LogP contribution is 2.55. The summed E-state index contributed by atoms with van der Waals surface area (Å²) in [5.41, 5.74) is 0. The monoisotopic (exact) mass is 340 g/mol. The number of amides is 1. The molecule has 0 aromatic rings. The van der Waals surface area contributed by atoms with Crippen molar-refractivity contribution in [3.05, 3.63) is 0 Å². The molecule has 1 heterocycles. The van der Waals surface area contributed by atoms with Gasteiger partial charge in [-0.3, -0.25) is 4.79 Å². The Morgan fingerprint density at radius 3 is 2.48 bits per heavy atom. The Hall–Kier alpha value is -0.620. The smallest absolute Gasteiger partial charge is 0.239 e. The van der Waals surface area contributed by atoms with Crippen molar-refractivity contribution in [3.8, 4) is 0 Å². The van der Waals surface area contributed by atoms with E-state index in [2.05, 4.69) is 11.6 Å². The Balaban J connectivity index is 1.32. The molecule has 4 fully saturated rings. The molecule has 6 heteroatoms. The molecule has 0 aromatic heterocycles. The molecule has 0 spiro atoms. The Morgan fingerprint density at radius 2 is 1.78 bits per heavy atom. The summed E-state index contributed by atoms with van der Waals surface area (Å²) in [6, 6.07) is 0.377. The zero-order chi connectivity index (χ0) is 16.2. The zero-order valence-electron chi connectivity index (χ0n) is 13.9. The topological polar surface area (TPSA) is 66.5 Å². The fraction of sp³-hybridized carbons (Fsp3) is 0.941. The average Bonchev–Trinajstić information content (AvgIpc) is 2.97. The highest BCUT2D eigenvalue weighted by atomic mass is 32.2. The van der Waals surface area contributed by atoms with Crippen LogP contribution in [-0.4, -0.2) is 43.6 Å². The average molecular weight is 340 g/mol. The molecule has 4 atom stereocenters. The van der Waals surface area contributed by atoms with Gasteiger partial charge >= 0.3 is 0 Å². The van der Waals surface area contributed by atoms with Gasteiger partial charge in [-0.15, -0.1) is 0 Å². The van der Waals surface area contributed by atoms with Crippen LogP contribution in [0.15, 0.2) is 0 Å². The van der Waals surface area contributed by atoms with Gasteiger partial charge in [0.2, 0.25) is 15.9 Å². The van der Waals surface area contributed by atoms with Gasteiger partial charge in [0.25, 0.3) is 0 Å². The SMILES string of the molecule is CC1CCC(NS(=O)(=O)CC(=O)N2C[C@@H]3[C@H]4CC[C@@H](C4)[C@H]32)CC1. The molecule has 4 aliphatic rings. The molecule has 3 aliphatic carbocycles. The summed E-state index contributed by atoms with van der Waals surface area (Å²) in [6.45, 7) is 3.00. The third-order valence-electron chi connectivity index (χ3n) is 6.80. The Bertz CT molecular complexity index is 581. The summed E-state index contributed by atoms with van der Waals surface area (Å²) in [5.74, 6) is 2.24. The van der Waals surface area contributed by atoms with E-state index in [1.807, 2.05) is 4.90 Å². The van der Waals surface area contributed by atoms with Gasteiger partial charge in [-0.25, -0.2) is 13.1 Å². The van der Waals surface area contributed by atoms with E-state index >= 15 is 0 Å². The Morgan fingerprint density at radius 1 is 1.09 bits per heavy atom. The molecule has 5 nitrogen and oxygen atoms in total. The van der Waals surface area contributed by atoms with Crippen molar-refractivity contribution in [2.75, 3.05) is 12.3 Å². The lowest BCUT2D eigenvalue weighted by Crippen LogP contribution is -2.62. The summed E-state index contributed by atoms with van der Waals surface area (Å²) in [4.78, 5) is 14.3. The van der Waals surface area contributed by atoms with Crippen molar-refractivity contribution in [2.45, 2.75) is 64.0 Å². The number of hydrogen-bond acceptors (Lipinski definition) is 3. The molecular formula is C17H28N2O3S. The van der Waals surface area contributed by atoms with Crippen LogP contribution in [0.3, 0.4) is 0 Å². The van der Waals surface area contributed by atoms with E-state index in [0.29, 0.717) is 23.8 Å². The molecule has 0 unspecified atom stereocenters. The van der Waals surface area contributed by atoms with Crippen molar-refractivity contribution < 1.29 is 13.2 Å². The highest BCUT2D eigenvalue weighted by molar-refractivity contribution is 7.90. The van der Waals surface area contributed by atoms with Crippen molar-refractivity contribution in [1.82, 2.24) is 9.62 Å². The van der Waals surface area contributed by atoms with E-state index in [4.69, 9.17) is 0 Å². The number of nitrogens with one attached hydrogen (secondary N) is 1. The molecule has 3 saturated carbocycles. The minimum Gasteiger partial charge on any atom is -0.338 e. The molecule has 0 radical (unpaired) electrons. The Labute approximate surface area is 139 Å². The van der Waals surface area contributed by atoms with Gasteiger partial charge < -0.3 is 4.90 Å². The minimum atomic E-state index is -3.50. The van der Waals surface area contributed by atoms with Gasteiger partial charge in [0.15, 0.2) is 0 Å². The summed E-state index contributed by atoms with van der Waals surface area (Å²) in [5, 5.41) is 0. The maximum Gasteiger partial charge on any atom is 0.239 e. The second-order valence-electron chi connectivity index (χ2n) is 8.37. The maximum atomic E-state index is 12.5. The van der Waals surface area contributed by atoms with Crippen LogP contribution in [0.2, 0.25) is 0 Å². The van der Waals surface area contributed by atoms with E-state index in [0.717, 1.165) is 38.1 Å². The van der Waals surface area contributed by atoms with E-state index in [1.165, 1.54) is 19.3 Å². The molecule has 23 heavy (non-hydrogen) atoms. The minimum absolute atomic E-state index is 0.0237. The van der Waals surface area contributed by atoms with Gasteiger partial charge in [-0.1, -0.05) is 6.92 Å². The predicted octanol–water partition coefficient (Wildman–Crippen LogP) is 1.74. The van der Waals surface area contributed by atoms with Crippen LogP contribution >= 0.6 is 0 Å². The first-order valence-electron chi connectivity index (χ1n) is 9.22. The number of carbonyl (C=O) groups is 1. The largest absolute Gasteiger partial charge is 0.338 e. The third kappa shape index (κ3) is 2.93. The molecule has 4 rings (SSSR count). The highest BCUT2D eigenvalue weighted by Gasteiger charge is 2.57. The van der Waals surface area contributed by atoms with E-state index in [9.17, 15) is 13.2 Å². The summed E-state index contributed by atoms with van der Waals surface area (Å²) < 4.78 is 27.4. The summed E-state index contributed by atoms with van der Waals surface area (Å²) in [7, 11) is -3.50.